The molecular formula is C64H144O24Si16. The van der Waals surface area contributed by atoms with Gasteiger partial charge >= 0.3 is 72.4 Å². The molecule has 0 saturated carbocycles. The first-order chi connectivity index (χ1) is 48.7. The van der Waals surface area contributed by atoms with Crippen molar-refractivity contribution in [3.8, 4) is 0 Å². The molecule has 8 bridgehead atoms. The van der Waals surface area contributed by atoms with E-state index in [0.717, 1.165) is 206 Å². The Morgan fingerprint density at radius 2 is 0.327 bits per heavy atom. The Labute approximate surface area is 646 Å². The van der Waals surface area contributed by atoms with Crippen LogP contribution in [-0.2, 0) is 101 Å². The molecule has 10 rings (SSSR count). The largest absolute Gasteiger partial charge is 0.651 e. The number of epoxide rings is 4. The minimum Gasteiger partial charge on any atom is -0.395 e. The molecule has 10 fully saturated rings. The Balaban J connectivity index is 1.38. The van der Waals surface area contributed by atoms with E-state index in [1.165, 1.54) is 0 Å². The van der Waals surface area contributed by atoms with Crippen molar-refractivity contribution in [2.24, 2.45) is 0 Å². The van der Waals surface area contributed by atoms with Crippen LogP contribution in [0.15, 0.2) is 0 Å². The first-order valence-electron chi connectivity index (χ1n) is 41.2. The topological polar surface area (TPSA) is 235 Å². The van der Waals surface area contributed by atoms with Crippen LogP contribution >= 0.6 is 0 Å². The van der Waals surface area contributed by atoms with E-state index in [2.05, 4.69) is 132 Å². The van der Waals surface area contributed by atoms with Crippen molar-refractivity contribution in [1.29, 1.82) is 0 Å². The van der Waals surface area contributed by atoms with Gasteiger partial charge < -0.3 is 101 Å². The molecule has 0 aromatic heterocycles. The highest BCUT2D eigenvalue weighted by atomic mass is 28.7. The lowest BCUT2D eigenvalue weighted by Gasteiger charge is -2.61. The first-order valence-corrected chi connectivity index (χ1v) is 79.2. The molecule has 10 saturated heterocycles. The molecule has 40 heteroatoms. The van der Waals surface area contributed by atoms with Gasteiger partial charge in [0.25, 0.3) is 0 Å². The predicted octanol–water partition coefficient (Wildman–Crippen LogP) is 18.1. The normalized spacial score (nSPS) is 32.9. The van der Waals surface area contributed by atoms with E-state index in [-0.39, 0.29) is 24.4 Å². The molecule has 0 spiro atoms. The lowest BCUT2D eigenvalue weighted by atomic mass is 10.2. The fourth-order valence-corrected chi connectivity index (χ4v) is 88.9. The number of rotatable bonds is 56. The van der Waals surface area contributed by atoms with Crippen LogP contribution in [-0.4, -0.2) is 190 Å². The van der Waals surface area contributed by atoms with Gasteiger partial charge in [-0.1, -0.05) is 182 Å². The zero-order valence-electron chi connectivity index (χ0n) is 68.4. The third kappa shape index (κ3) is 29.6. The summed E-state index contributed by atoms with van der Waals surface area (Å²) in [6.07, 6.45) is 28.0. The van der Waals surface area contributed by atoms with E-state index in [9.17, 15) is 0 Å². The summed E-state index contributed by atoms with van der Waals surface area (Å²) in [4.78, 5) is 0. The van der Waals surface area contributed by atoms with Crippen LogP contribution in [0.2, 0.25) is 153 Å². The quantitative estimate of drug-likeness (QED) is 0.0313. The average molecular weight is 1750 g/mol. The van der Waals surface area contributed by atoms with Gasteiger partial charge in [-0.2, -0.15) is 0 Å². The second kappa shape index (κ2) is 37.8. The first kappa shape index (κ1) is 90.4. The molecule has 24 nitrogen and oxygen atoms in total. The summed E-state index contributed by atoms with van der Waals surface area (Å²) in [5.74, 6) is 0. The lowest BCUT2D eigenvalue weighted by molar-refractivity contribution is -0.129. The average Bonchev–Trinajstić information content (AvgIpc) is 0.886. The third-order valence-corrected chi connectivity index (χ3v) is 82.7. The Hall–Kier alpha value is 2.51. The van der Waals surface area contributed by atoms with Crippen LogP contribution in [0.25, 0.3) is 0 Å². The smallest absolute Gasteiger partial charge is 0.395 e. The zero-order chi connectivity index (χ0) is 75.6. The van der Waals surface area contributed by atoms with Gasteiger partial charge in [0, 0.05) is 0 Å². The summed E-state index contributed by atoms with van der Waals surface area (Å²) in [7, 11) is -68.2. The van der Waals surface area contributed by atoms with Gasteiger partial charge in [-0.15, -0.1) is 0 Å². The molecular weight excluding hydrogens is 1600 g/mol. The maximum Gasteiger partial charge on any atom is 0.651 e. The van der Waals surface area contributed by atoms with E-state index in [1.807, 2.05) is 0 Å². The molecule has 10 aliphatic heterocycles. The zero-order valence-corrected chi connectivity index (χ0v) is 84.4. The van der Waals surface area contributed by atoms with Crippen LogP contribution in [0, 0.1) is 0 Å². The second-order valence-corrected chi connectivity index (χ2v) is 92.7. The minimum absolute atomic E-state index is 0.269. The fraction of sp³-hybridized carbons (Fsp3) is 1.00. The van der Waals surface area contributed by atoms with Crippen molar-refractivity contribution < 1.29 is 101 Å². The van der Waals surface area contributed by atoms with Gasteiger partial charge in [0.2, 0.25) is 0 Å². The van der Waals surface area contributed by atoms with Crippen molar-refractivity contribution in [2.75, 3.05) is 26.4 Å². The molecule has 0 N–H and O–H groups in total. The van der Waals surface area contributed by atoms with E-state index >= 15 is 0 Å². The highest BCUT2D eigenvalue weighted by Crippen LogP contribution is 2.55. The van der Waals surface area contributed by atoms with E-state index in [0.29, 0.717) is 48.4 Å². The molecule has 104 heavy (non-hydrogen) atoms. The molecule has 0 aromatic rings. The molecule has 8 atom stereocenters. The van der Waals surface area contributed by atoms with Gasteiger partial charge in [-0.3, -0.25) is 0 Å². The summed E-state index contributed by atoms with van der Waals surface area (Å²) >= 11 is 0. The molecule has 608 valence electrons. The Morgan fingerprint density at radius 1 is 0.202 bits per heavy atom. The molecule has 0 radical (unpaired) electrons. The van der Waals surface area contributed by atoms with Crippen molar-refractivity contribution in [2.45, 2.75) is 385 Å². The molecule has 0 aromatic carbocycles. The summed E-state index contributed by atoms with van der Waals surface area (Å²) in [6, 6.07) is 5.54. The molecule has 0 aliphatic carbocycles. The van der Waals surface area contributed by atoms with E-state index in [1.54, 1.807) is 0 Å². The van der Waals surface area contributed by atoms with Crippen LogP contribution < -0.4 is 0 Å². The second-order valence-electron chi connectivity index (χ2n) is 36.2. The summed E-state index contributed by atoms with van der Waals surface area (Å²) in [6.45, 7) is 47.1. The standard InChI is InChI=1S/C64H144O24Si16/c1-21-25-29-37-49-89(5,6)69-97-77-98(70-90(7,8)50-38-30-26-22-2)80-101(73-93(13,14)53-41-33-45-61-57-65-61)81-99(78-97,71-91(9,10)51-39-31-27-23-3)83-103(75-95(17,18)55-43-35-47-63-59-67-63)86-100(84-101,72-92(11,12)52-40-32-28-24-4)85-102(82-98,74-94(15,16)54-42-34-46-62-58-66-62)87-104(79-97,88-103)76-96(19,20)56-44-36-48-64-60-68-64/h61-64H,21-60H2,1-20H3. The van der Waals surface area contributed by atoms with Gasteiger partial charge in [-0.05, 0) is 179 Å². The number of ether oxygens (including phenoxy) is 4. The Morgan fingerprint density at radius 3 is 0.442 bits per heavy atom. The summed E-state index contributed by atoms with van der Waals surface area (Å²) in [5, 5.41) is 0. The lowest BCUT2D eigenvalue weighted by Crippen LogP contribution is -2.93. The van der Waals surface area contributed by atoms with Crippen LogP contribution in [0.4, 0.5) is 0 Å². The maximum absolute atomic E-state index is 8.35. The van der Waals surface area contributed by atoms with E-state index < -0.39 is 139 Å². The Bertz CT molecular complexity index is 2540. The monoisotopic (exact) mass is 1740 g/mol. The number of hydrogen-bond acceptors (Lipinski definition) is 24. The summed E-state index contributed by atoms with van der Waals surface area (Å²) in [5.41, 5.74) is 0. The van der Waals surface area contributed by atoms with Gasteiger partial charge in [0.05, 0.1) is 50.8 Å². The van der Waals surface area contributed by atoms with Gasteiger partial charge in [0.1, 0.15) is 0 Å². The fourth-order valence-electron chi connectivity index (χ4n) is 14.5. The minimum atomic E-state index is -5.38. The molecule has 10 aliphatic rings. The maximum atomic E-state index is 8.35. The van der Waals surface area contributed by atoms with Gasteiger partial charge in [-0.25, -0.2) is 0 Å². The Kier molecular flexibility index (Phi) is 32.9. The molecule has 10 heterocycles. The summed E-state index contributed by atoms with van der Waals surface area (Å²) < 4.78 is 188. The van der Waals surface area contributed by atoms with E-state index in [4.69, 9.17) is 101 Å². The SMILES string of the molecule is CCCCCC[Si](C)(C)O[Si]12O[Si]3(O[Si](C)(C)CCCCCC)O[Si]4(O[Si](C)(C)CCCCCC)O[Si](O[Si](C)(C)CCCCC5CO5)(O1)O[Si]1(O[Si](C)(C)CCCCCC)O[Si](O[Si](C)(C)CCCCC5CO5)(O2)O[Si](O[Si](C)(C)CCCCC2CO2)(O3)O[Si](O[Si](C)(C)CCCCC2CO2)(O4)O1. The number of unbranched alkanes of at least 4 members (excludes halogenated alkanes) is 16. The van der Waals surface area contributed by atoms with Crippen LogP contribution in [0.5, 0.6) is 0 Å². The predicted molar refractivity (Wildman–Crippen MR) is 437 cm³/mol. The van der Waals surface area contributed by atoms with Crippen molar-refractivity contribution in [1.82, 2.24) is 0 Å². The van der Waals surface area contributed by atoms with Crippen LogP contribution in [0.3, 0.4) is 0 Å². The van der Waals surface area contributed by atoms with Crippen molar-refractivity contribution in [3.05, 3.63) is 0 Å². The molecule has 8 unspecified atom stereocenters. The third-order valence-electron chi connectivity index (χ3n) is 20.6. The van der Waals surface area contributed by atoms with Gasteiger partial charge in [0.15, 0.2) is 66.5 Å². The van der Waals surface area contributed by atoms with Crippen molar-refractivity contribution in [3.63, 3.8) is 0 Å². The van der Waals surface area contributed by atoms with Crippen molar-refractivity contribution >= 4 is 139 Å². The number of hydrogen-bond donors (Lipinski definition) is 0. The highest BCUT2D eigenvalue weighted by Gasteiger charge is 2.93. The molecule has 0 amide bonds. The highest BCUT2D eigenvalue weighted by molar-refractivity contribution is 7.04. The van der Waals surface area contributed by atoms with Crippen LogP contribution in [0.1, 0.15) is 207 Å².